The monoisotopic (exact) mass is 265 g/mol. The van der Waals surface area contributed by atoms with Crippen LogP contribution in [0.4, 0.5) is 0 Å². The van der Waals surface area contributed by atoms with Crippen molar-refractivity contribution >= 4 is 0 Å². The van der Waals surface area contributed by atoms with Gasteiger partial charge >= 0.3 is 0 Å². The number of methoxy groups -OCH3 is 1. The molecule has 0 amide bonds. The maximum absolute atomic E-state index is 5.00. The first-order valence-corrected chi connectivity index (χ1v) is 7.10. The Morgan fingerprint density at radius 1 is 1.11 bits per heavy atom. The molecule has 0 aromatic carbocycles. The fourth-order valence-corrected chi connectivity index (χ4v) is 2.07. The molecule has 0 bridgehead atoms. The van der Waals surface area contributed by atoms with Crippen molar-refractivity contribution in [2.45, 2.75) is 46.5 Å². The van der Waals surface area contributed by atoms with Gasteiger partial charge in [-0.05, 0) is 38.8 Å². The van der Waals surface area contributed by atoms with Crippen LogP contribution in [-0.4, -0.2) is 36.8 Å². The average molecular weight is 265 g/mol. The van der Waals surface area contributed by atoms with Gasteiger partial charge in [0.05, 0.1) is 6.61 Å². The summed E-state index contributed by atoms with van der Waals surface area (Å²) in [6, 6.07) is 0. The molecule has 19 heavy (non-hydrogen) atoms. The van der Waals surface area contributed by atoms with E-state index in [0.29, 0.717) is 5.92 Å². The van der Waals surface area contributed by atoms with Crippen molar-refractivity contribution in [2.75, 3.05) is 26.8 Å². The number of ether oxygens (including phenoxy) is 1. The average Bonchev–Trinajstić information content (AvgIpc) is 2.35. The van der Waals surface area contributed by atoms with Crippen LogP contribution in [0.3, 0.4) is 0 Å². The van der Waals surface area contributed by atoms with E-state index in [0.717, 1.165) is 49.8 Å². The van der Waals surface area contributed by atoms with E-state index in [1.807, 2.05) is 0 Å². The number of hydrogen-bond donors (Lipinski definition) is 1. The Morgan fingerprint density at radius 2 is 1.74 bits per heavy atom. The largest absolute Gasteiger partial charge is 0.383 e. The molecule has 0 atom stereocenters. The van der Waals surface area contributed by atoms with E-state index >= 15 is 0 Å². The van der Waals surface area contributed by atoms with Crippen molar-refractivity contribution in [1.29, 1.82) is 0 Å². The molecule has 0 saturated carbocycles. The Kier molecular flexibility index (Phi) is 6.95. The summed E-state index contributed by atoms with van der Waals surface area (Å²) in [5, 5.41) is 3.36. The van der Waals surface area contributed by atoms with E-state index < -0.39 is 0 Å². The molecule has 1 rings (SSSR count). The Balaban J connectivity index is 2.50. The molecule has 0 aliphatic heterocycles. The van der Waals surface area contributed by atoms with E-state index in [4.69, 9.17) is 4.74 Å². The summed E-state index contributed by atoms with van der Waals surface area (Å²) < 4.78 is 5.00. The van der Waals surface area contributed by atoms with Crippen molar-refractivity contribution in [2.24, 2.45) is 0 Å². The molecule has 0 unspecified atom stereocenters. The minimum absolute atomic E-state index is 0.391. The number of aryl methyl sites for hydroxylation is 2. The van der Waals surface area contributed by atoms with Crippen LogP contribution in [0.25, 0.3) is 0 Å². The predicted octanol–water partition coefficient (Wildman–Crippen LogP) is 2.39. The summed E-state index contributed by atoms with van der Waals surface area (Å²) in [7, 11) is 1.72. The van der Waals surface area contributed by atoms with Crippen LogP contribution in [0.2, 0.25) is 0 Å². The number of aromatic nitrogens is 2. The zero-order valence-corrected chi connectivity index (χ0v) is 12.9. The van der Waals surface area contributed by atoms with Gasteiger partial charge in [0, 0.05) is 31.0 Å². The quantitative estimate of drug-likeness (QED) is 0.733. The minimum Gasteiger partial charge on any atom is -0.383 e. The van der Waals surface area contributed by atoms with Crippen LogP contribution in [0, 0.1) is 13.8 Å². The van der Waals surface area contributed by atoms with E-state index in [1.165, 1.54) is 5.56 Å². The number of hydrogen-bond acceptors (Lipinski definition) is 4. The van der Waals surface area contributed by atoms with E-state index in [9.17, 15) is 0 Å². The molecule has 1 N–H and O–H groups in total. The van der Waals surface area contributed by atoms with Gasteiger partial charge in [-0.25, -0.2) is 9.97 Å². The van der Waals surface area contributed by atoms with Gasteiger partial charge in [-0.2, -0.15) is 0 Å². The summed E-state index contributed by atoms with van der Waals surface area (Å²) in [6.45, 7) is 11.1. The molecule has 0 aliphatic rings. The highest BCUT2D eigenvalue weighted by molar-refractivity contribution is 5.25. The minimum atomic E-state index is 0.391. The van der Waals surface area contributed by atoms with E-state index in [1.54, 1.807) is 7.11 Å². The molecular formula is C15H27N3O. The van der Waals surface area contributed by atoms with Crippen LogP contribution in [0.15, 0.2) is 0 Å². The molecule has 0 saturated heterocycles. The first-order valence-electron chi connectivity index (χ1n) is 7.10. The molecule has 1 heterocycles. The zero-order valence-electron chi connectivity index (χ0n) is 12.9. The molecule has 1 aromatic heterocycles. The maximum atomic E-state index is 5.00. The Labute approximate surface area is 117 Å². The summed E-state index contributed by atoms with van der Waals surface area (Å²) in [6.07, 6.45) is 2.14. The van der Waals surface area contributed by atoms with Crippen LogP contribution >= 0.6 is 0 Å². The first-order chi connectivity index (χ1) is 9.06. The second kappa shape index (κ2) is 8.23. The van der Waals surface area contributed by atoms with Gasteiger partial charge in [-0.1, -0.05) is 13.8 Å². The highest BCUT2D eigenvalue weighted by Crippen LogP contribution is 2.16. The van der Waals surface area contributed by atoms with Crippen molar-refractivity contribution in [3.05, 3.63) is 22.8 Å². The van der Waals surface area contributed by atoms with Gasteiger partial charge in [-0.3, -0.25) is 0 Å². The SMILES string of the molecule is COCCNCCCc1c(C)nc(C(C)C)nc1C. The smallest absolute Gasteiger partial charge is 0.131 e. The van der Waals surface area contributed by atoms with Crippen LogP contribution < -0.4 is 5.32 Å². The van der Waals surface area contributed by atoms with Gasteiger partial charge in [0.1, 0.15) is 5.82 Å². The highest BCUT2D eigenvalue weighted by Gasteiger charge is 2.10. The fraction of sp³-hybridized carbons (Fsp3) is 0.733. The van der Waals surface area contributed by atoms with Crippen molar-refractivity contribution in [3.63, 3.8) is 0 Å². The van der Waals surface area contributed by atoms with Crippen LogP contribution in [0.5, 0.6) is 0 Å². The Morgan fingerprint density at radius 3 is 2.26 bits per heavy atom. The molecule has 108 valence electrons. The lowest BCUT2D eigenvalue weighted by molar-refractivity contribution is 0.199. The topological polar surface area (TPSA) is 47.0 Å². The Bertz CT molecular complexity index is 368. The molecule has 0 radical (unpaired) electrons. The standard InChI is InChI=1S/C15H27N3O/c1-11(2)15-17-12(3)14(13(4)18-15)7-6-8-16-9-10-19-5/h11,16H,6-10H2,1-5H3. The van der Waals surface area contributed by atoms with Gasteiger partial charge in [0.2, 0.25) is 0 Å². The highest BCUT2D eigenvalue weighted by atomic mass is 16.5. The third-order valence-corrected chi connectivity index (χ3v) is 3.22. The molecule has 4 nitrogen and oxygen atoms in total. The zero-order chi connectivity index (χ0) is 14.3. The molecule has 4 heteroatoms. The van der Waals surface area contributed by atoms with E-state index in [2.05, 4.69) is 43.0 Å². The molecule has 1 aromatic rings. The number of rotatable bonds is 8. The summed E-state index contributed by atoms with van der Waals surface area (Å²) in [5.41, 5.74) is 3.57. The second-order valence-electron chi connectivity index (χ2n) is 5.23. The predicted molar refractivity (Wildman–Crippen MR) is 78.7 cm³/mol. The van der Waals surface area contributed by atoms with Gasteiger partial charge in [-0.15, -0.1) is 0 Å². The summed E-state index contributed by atoms with van der Waals surface area (Å²) in [5.74, 6) is 1.35. The van der Waals surface area contributed by atoms with Gasteiger partial charge in [0.15, 0.2) is 0 Å². The summed E-state index contributed by atoms with van der Waals surface area (Å²) >= 11 is 0. The van der Waals surface area contributed by atoms with Crippen molar-refractivity contribution in [1.82, 2.24) is 15.3 Å². The lowest BCUT2D eigenvalue weighted by Gasteiger charge is -2.12. The fourth-order valence-electron chi connectivity index (χ4n) is 2.07. The normalized spacial score (nSPS) is 11.3. The van der Waals surface area contributed by atoms with Crippen LogP contribution in [0.1, 0.15) is 49.0 Å². The summed E-state index contributed by atoms with van der Waals surface area (Å²) in [4.78, 5) is 9.22. The Hall–Kier alpha value is -1.00. The second-order valence-corrected chi connectivity index (χ2v) is 5.23. The number of nitrogens with one attached hydrogen (secondary N) is 1. The third kappa shape index (κ3) is 5.25. The lowest BCUT2D eigenvalue weighted by Crippen LogP contribution is -2.21. The van der Waals surface area contributed by atoms with Gasteiger partial charge < -0.3 is 10.1 Å². The first kappa shape index (κ1) is 16.1. The van der Waals surface area contributed by atoms with Gasteiger partial charge in [0.25, 0.3) is 0 Å². The van der Waals surface area contributed by atoms with Crippen molar-refractivity contribution in [3.8, 4) is 0 Å². The molecular weight excluding hydrogens is 238 g/mol. The van der Waals surface area contributed by atoms with Crippen molar-refractivity contribution < 1.29 is 4.74 Å². The maximum Gasteiger partial charge on any atom is 0.131 e. The van der Waals surface area contributed by atoms with Crippen LogP contribution in [-0.2, 0) is 11.2 Å². The number of nitrogens with zero attached hydrogens (tertiary/aromatic N) is 2. The third-order valence-electron chi connectivity index (χ3n) is 3.22. The molecule has 0 aliphatic carbocycles. The van der Waals surface area contributed by atoms with E-state index in [-0.39, 0.29) is 0 Å². The lowest BCUT2D eigenvalue weighted by atomic mass is 10.1. The molecule has 0 spiro atoms. The molecule has 0 fully saturated rings.